The standard InChI is InChI=1S/C27H26F4N4/c1-17-7-4-10-21-24(17)33-25(34-26(21)32-13-6-14-35(2)3)19-9-5-8-18(15-19)22-16-20(27(29,30)31)11-12-23(22)28/h4-5,7-12,15-16H,6,13-14H2,1-3H3,(H,32,33,34). The van der Waals surface area contributed by atoms with E-state index < -0.39 is 17.6 Å². The van der Waals surface area contributed by atoms with Crippen LogP contribution in [0.4, 0.5) is 23.4 Å². The van der Waals surface area contributed by atoms with Gasteiger partial charge < -0.3 is 10.2 Å². The highest BCUT2D eigenvalue weighted by Crippen LogP contribution is 2.35. The van der Waals surface area contributed by atoms with Crippen LogP contribution in [0, 0.1) is 12.7 Å². The van der Waals surface area contributed by atoms with Crippen LogP contribution in [0.1, 0.15) is 17.5 Å². The van der Waals surface area contributed by atoms with Crippen molar-refractivity contribution in [2.24, 2.45) is 0 Å². The van der Waals surface area contributed by atoms with E-state index in [1.807, 2.05) is 39.2 Å². The molecule has 182 valence electrons. The lowest BCUT2D eigenvalue weighted by Gasteiger charge is -2.14. The fraction of sp³-hybridized carbons (Fsp3) is 0.259. The van der Waals surface area contributed by atoms with Crippen LogP contribution in [-0.4, -0.2) is 42.1 Å². The van der Waals surface area contributed by atoms with Gasteiger partial charge in [0.25, 0.3) is 0 Å². The van der Waals surface area contributed by atoms with Gasteiger partial charge in [0.2, 0.25) is 0 Å². The van der Waals surface area contributed by atoms with Gasteiger partial charge in [-0.1, -0.05) is 30.3 Å². The van der Waals surface area contributed by atoms with Crippen LogP contribution in [0.2, 0.25) is 0 Å². The van der Waals surface area contributed by atoms with E-state index in [2.05, 4.69) is 10.2 Å². The lowest BCUT2D eigenvalue weighted by Crippen LogP contribution is -2.17. The quantitative estimate of drug-likeness (QED) is 0.233. The molecule has 0 aliphatic rings. The first-order chi connectivity index (χ1) is 16.6. The molecule has 0 amide bonds. The number of anilines is 1. The number of aryl methyl sites for hydroxylation is 1. The van der Waals surface area contributed by atoms with Crippen molar-refractivity contribution < 1.29 is 17.6 Å². The van der Waals surface area contributed by atoms with Crippen LogP contribution in [0.3, 0.4) is 0 Å². The zero-order valence-corrected chi connectivity index (χ0v) is 19.7. The Kier molecular flexibility index (Phi) is 7.03. The Morgan fingerprint density at radius 1 is 0.914 bits per heavy atom. The number of para-hydroxylation sites is 1. The largest absolute Gasteiger partial charge is 0.416 e. The lowest BCUT2D eigenvalue weighted by atomic mass is 10.00. The normalized spacial score (nSPS) is 11.9. The lowest BCUT2D eigenvalue weighted by molar-refractivity contribution is -0.137. The predicted molar refractivity (Wildman–Crippen MR) is 132 cm³/mol. The highest BCUT2D eigenvalue weighted by molar-refractivity contribution is 5.92. The molecule has 0 spiro atoms. The Bertz CT molecular complexity index is 1350. The maximum atomic E-state index is 14.5. The fourth-order valence-corrected chi connectivity index (χ4v) is 3.91. The number of hydrogen-bond acceptors (Lipinski definition) is 4. The van der Waals surface area contributed by atoms with Crippen molar-refractivity contribution in [3.63, 3.8) is 0 Å². The maximum absolute atomic E-state index is 14.5. The fourth-order valence-electron chi connectivity index (χ4n) is 3.91. The second-order valence-corrected chi connectivity index (χ2v) is 8.72. The smallest absolute Gasteiger partial charge is 0.369 e. The Hall–Kier alpha value is -3.52. The SMILES string of the molecule is Cc1cccc2c(NCCCN(C)C)nc(-c3cccc(-c4cc(C(F)(F)F)ccc4F)c3)nc12. The van der Waals surface area contributed by atoms with Crippen molar-refractivity contribution in [2.75, 3.05) is 32.5 Å². The number of hydrogen-bond donors (Lipinski definition) is 1. The summed E-state index contributed by atoms with van der Waals surface area (Å²) in [7, 11) is 4.03. The summed E-state index contributed by atoms with van der Waals surface area (Å²) in [6, 6.07) is 14.9. The van der Waals surface area contributed by atoms with Gasteiger partial charge in [-0.05, 0) is 75.4 Å². The van der Waals surface area contributed by atoms with E-state index in [4.69, 9.17) is 9.97 Å². The first-order valence-electron chi connectivity index (χ1n) is 11.3. The topological polar surface area (TPSA) is 41.0 Å². The van der Waals surface area contributed by atoms with Crippen LogP contribution < -0.4 is 5.32 Å². The van der Waals surface area contributed by atoms with Crippen LogP contribution >= 0.6 is 0 Å². The minimum atomic E-state index is -4.56. The van der Waals surface area contributed by atoms with E-state index in [0.717, 1.165) is 47.6 Å². The van der Waals surface area contributed by atoms with Gasteiger partial charge in [-0.15, -0.1) is 0 Å². The summed E-state index contributed by atoms with van der Waals surface area (Å²) >= 11 is 0. The average Bonchev–Trinajstić information content (AvgIpc) is 2.81. The Labute approximate surface area is 201 Å². The molecule has 35 heavy (non-hydrogen) atoms. The minimum absolute atomic E-state index is 0.124. The number of nitrogens with zero attached hydrogens (tertiary/aromatic N) is 3. The average molecular weight is 483 g/mol. The van der Waals surface area contributed by atoms with Crippen molar-refractivity contribution in [2.45, 2.75) is 19.5 Å². The number of alkyl halides is 3. The van der Waals surface area contributed by atoms with Gasteiger partial charge in [-0.25, -0.2) is 14.4 Å². The number of aromatic nitrogens is 2. The second kappa shape index (κ2) is 10.00. The molecule has 1 heterocycles. The summed E-state index contributed by atoms with van der Waals surface area (Å²) in [5, 5.41) is 4.28. The van der Waals surface area contributed by atoms with Crippen LogP contribution in [0.25, 0.3) is 33.4 Å². The molecule has 3 aromatic carbocycles. The number of nitrogens with one attached hydrogen (secondary N) is 1. The van der Waals surface area contributed by atoms with Gasteiger partial charge in [0.15, 0.2) is 5.82 Å². The molecular formula is C27H26F4N4. The molecule has 0 fully saturated rings. The van der Waals surface area contributed by atoms with E-state index in [9.17, 15) is 17.6 Å². The van der Waals surface area contributed by atoms with Gasteiger partial charge in [0.1, 0.15) is 11.6 Å². The predicted octanol–water partition coefficient (Wildman–Crippen LogP) is 6.79. The van der Waals surface area contributed by atoms with Crippen molar-refractivity contribution in [3.8, 4) is 22.5 Å². The first kappa shape index (κ1) is 24.6. The summed E-state index contributed by atoms with van der Waals surface area (Å²) in [6.45, 7) is 3.60. The van der Waals surface area contributed by atoms with Crippen molar-refractivity contribution >= 4 is 16.7 Å². The van der Waals surface area contributed by atoms with E-state index in [1.54, 1.807) is 24.3 Å². The molecule has 0 aliphatic carbocycles. The number of halogens is 4. The molecule has 8 heteroatoms. The molecule has 0 bridgehead atoms. The summed E-state index contributed by atoms with van der Waals surface area (Å²) in [4.78, 5) is 11.6. The maximum Gasteiger partial charge on any atom is 0.416 e. The Balaban J connectivity index is 1.76. The summed E-state index contributed by atoms with van der Waals surface area (Å²) in [5.74, 6) is 0.368. The molecule has 0 saturated heterocycles. The molecule has 0 atom stereocenters. The van der Waals surface area contributed by atoms with Crippen LogP contribution in [-0.2, 0) is 6.18 Å². The molecule has 0 unspecified atom stereocenters. The van der Waals surface area contributed by atoms with Crippen molar-refractivity contribution in [3.05, 3.63) is 77.6 Å². The molecule has 1 aromatic heterocycles. The number of fused-ring (bicyclic) bond motifs is 1. The molecule has 4 rings (SSSR count). The molecule has 4 aromatic rings. The van der Waals surface area contributed by atoms with Gasteiger partial charge >= 0.3 is 6.18 Å². The van der Waals surface area contributed by atoms with Gasteiger partial charge in [-0.2, -0.15) is 13.2 Å². The monoisotopic (exact) mass is 482 g/mol. The van der Waals surface area contributed by atoms with Gasteiger partial charge in [-0.3, -0.25) is 0 Å². The number of benzene rings is 3. The van der Waals surface area contributed by atoms with Gasteiger partial charge in [0.05, 0.1) is 11.1 Å². The minimum Gasteiger partial charge on any atom is -0.369 e. The third kappa shape index (κ3) is 5.59. The zero-order chi connectivity index (χ0) is 25.2. The first-order valence-corrected chi connectivity index (χ1v) is 11.3. The van der Waals surface area contributed by atoms with Crippen LogP contribution in [0.5, 0.6) is 0 Å². The summed E-state index contributed by atoms with van der Waals surface area (Å²) < 4.78 is 54.1. The van der Waals surface area contributed by atoms with Crippen molar-refractivity contribution in [1.82, 2.24) is 14.9 Å². The molecule has 4 nitrogen and oxygen atoms in total. The summed E-state index contributed by atoms with van der Waals surface area (Å²) in [6.07, 6.45) is -3.64. The summed E-state index contributed by atoms with van der Waals surface area (Å²) in [5.41, 5.74) is 1.63. The van der Waals surface area contributed by atoms with E-state index >= 15 is 0 Å². The molecule has 0 radical (unpaired) electrons. The van der Waals surface area contributed by atoms with E-state index in [0.29, 0.717) is 29.3 Å². The molecule has 0 saturated carbocycles. The second-order valence-electron chi connectivity index (χ2n) is 8.72. The molecular weight excluding hydrogens is 456 g/mol. The van der Waals surface area contributed by atoms with Gasteiger partial charge in [0, 0.05) is 23.1 Å². The Morgan fingerprint density at radius 2 is 1.66 bits per heavy atom. The highest BCUT2D eigenvalue weighted by atomic mass is 19.4. The third-order valence-corrected chi connectivity index (χ3v) is 5.73. The third-order valence-electron chi connectivity index (χ3n) is 5.73. The molecule has 0 aliphatic heterocycles. The van der Waals surface area contributed by atoms with E-state index in [1.165, 1.54) is 0 Å². The van der Waals surface area contributed by atoms with Crippen LogP contribution in [0.15, 0.2) is 60.7 Å². The molecule has 1 N–H and O–H groups in total. The van der Waals surface area contributed by atoms with E-state index in [-0.39, 0.29) is 5.56 Å². The van der Waals surface area contributed by atoms with Crippen molar-refractivity contribution in [1.29, 1.82) is 0 Å². The zero-order valence-electron chi connectivity index (χ0n) is 19.7. The number of rotatable bonds is 7. The highest BCUT2D eigenvalue weighted by Gasteiger charge is 2.31. The Morgan fingerprint density at radius 3 is 2.40 bits per heavy atom.